The molecule has 9 aromatic rings. The molecule has 0 unspecified atom stereocenters. The second-order valence-electron chi connectivity index (χ2n) is 16.4. The summed E-state index contributed by atoms with van der Waals surface area (Å²) in [5, 5.41) is 2.66. The Morgan fingerprint density at radius 3 is 1.46 bits per heavy atom. The van der Waals surface area contributed by atoms with Crippen LogP contribution in [0.5, 0.6) is 0 Å². The monoisotopic (exact) mass is 725 g/mol. The Bertz CT molecular complexity index is 3030. The third kappa shape index (κ3) is 4.29. The Balaban J connectivity index is 1.11. The highest BCUT2D eigenvalue weighted by atomic mass is 15.1. The number of nitrogens with zero attached hydrogens (tertiary/aromatic N) is 1. The van der Waals surface area contributed by atoms with E-state index in [1.807, 2.05) is 0 Å². The third-order valence-corrected chi connectivity index (χ3v) is 13.3. The zero-order valence-electron chi connectivity index (χ0n) is 32.0. The van der Waals surface area contributed by atoms with Crippen molar-refractivity contribution in [1.82, 2.24) is 0 Å². The maximum Gasteiger partial charge on any atom is 0.0726 e. The molecule has 0 N–H and O–H groups in total. The van der Waals surface area contributed by atoms with Crippen molar-refractivity contribution in [2.24, 2.45) is 0 Å². The van der Waals surface area contributed by atoms with Gasteiger partial charge in [-0.15, -0.1) is 0 Å². The molecule has 1 nitrogen and oxygen atoms in total. The molecule has 0 aliphatic heterocycles. The number of benzene rings is 9. The molecule has 3 aliphatic rings. The molecule has 0 aromatic heterocycles. The summed E-state index contributed by atoms with van der Waals surface area (Å²) in [6, 6.07) is 74.9. The fraction of sp³-hybridized carbons (Fsp3) is 0.0714. The van der Waals surface area contributed by atoms with Gasteiger partial charge in [0.25, 0.3) is 0 Å². The number of fused-ring (bicyclic) bond motifs is 12. The van der Waals surface area contributed by atoms with Crippen LogP contribution in [0, 0.1) is 0 Å². The topological polar surface area (TPSA) is 3.24 Å². The summed E-state index contributed by atoms with van der Waals surface area (Å²) in [6.45, 7) is 4.81. The first-order valence-electron chi connectivity index (χ1n) is 20.1. The first-order valence-corrected chi connectivity index (χ1v) is 20.1. The summed E-state index contributed by atoms with van der Waals surface area (Å²) in [6.07, 6.45) is 0. The van der Waals surface area contributed by atoms with E-state index >= 15 is 0 Å². The number of para-hydroxylation sites is 1. The smallest absolute Gasteiger partial charge is 0.0726 e. The molecule has 0 amide bonds. The molecule has 0 saturated heterocycles. The summed E-state index contributed by atoms with van der Waals surface area (Å²) in [5.74, 6) is 0. The van der Waals surface area contributed by atoms with E-state index in [1.165, 1.54) is 88.7 Å². The Hall–Kier alpha value is -6.96. The minimum Gasteiger partial charge on any atom is -0.310 e. The van der Waals surface area contributed by atoms with E-state index in [0.29, 0.717) is 0 Å². The van der Waals surface area contributed by atoms with Crippen LogP contribution in [-0.4, -0.2) is 0 Å². The standard InChI is InChI=1S/C56H39N/c1-55(2)50-27-15-18-37-28-31-41(36-16-5-3-6-17-36)54(53(37)50)46-33-30-39(34-51(46)55)57(38-19-7-4-8-20-38)40-29-32-45-44-23-11-14-26-49(44)56(52(45)35-40)47-24-12-9-21-42(47)43-22-10-13-25-48(43)56/h3-35H,1-2H3. The first-order chi connectivity index (χ1) is 28.0. The lowest BCUT2D eigenvalue weighted by atomic mass is 9.67. The fourth-order valence-electron chi connectivity index (χ4n) is 10.8. The van der Waals surface area contributed by atoms with Gasteiger partial charge >= 0.3 is 0 Å². The van der Waals surface area contributed by atoms with Gasteiger partial charge in [0.05, 0.1) is 5.41 Å². The van der Waals surface area contributed by atoms with Gasteiger partial charge in [0.2, 0.25) is 0 Å². The molecular weight excluding hydrogens is 687 g/mol. The van der Waals surface area contributed by atoms with Crippen molar-refractivity contribution >= 4 is 27.8 Å². The van der Waals surface area contributed by atoms with Gasteiger partial charge in [0, 0.05) is 22.5 Å². The van der Waals surface area contributed by atoms with Crippen LogP contribution in [0.2, 0.25) is 0 Å². The van der Waals surface area contributed by atoms with Crippen molar-refractivity contribution in [3.63, 3.8) is 0 Å². The molecule has 0 radical (unpaired) electrons. The van der Waals surface area contributed by atoms with Crippen LogP contribution in [0.25, 0.3) is 55.3 Å². The molecule has 0 fully saturated rings. The Kier molecular flexibility index (Phi) is 6.67. The second-order valence-corrected chi connectivity index (χ2v) is 16.4. The zero-order chi connectivity index (χ0) is 37.9. The lowest BCUT2D eigenvalue weighted by molar-refractivity contribution is 0.645. The summed E-state index contributed by atoms with van der Waals surface area (Å²) in [4.78, 5) is 2.47. The van der Waals surface area contributed by atoms with Crippen molar-refractivity contribution in [3.05, 3.63) is 234 Å². The molecule has 57 heavy (non-hydrogen) atoms. The Labute approximate surface area is 334 Å². The van der Waals surface area contributed by atoms with Crippen LogP contribution in [0.4, 0.5) is 17.1 Å². The van der Waals surface area contributed by atoms with Gasteiger partial charge < -0.3 is 4.90 Å². The van der Waals surface area contributed by atoms with Gasteiger partial charge in [-0.2, -0.15) is 0 Å². The van der Waals surface area contributed by atoms with Crippen molar-refractivity contribution in [1.29, 1.82) is 0 Å². The minimum absolute atomic E-state index is 0.226. The number of hydrogen-bond acceptors (Lipinski definition) is 1. The van der Waals surface area contributed by atoms with Gasteiger partial charge in [0.1, 0.15) is 0 Å². The Morgan fingerprint density at radius 2 is 0.825 bits per heavy atom. The largest absolute Gasteiger partial charge is 0.310 e. The number of rotatable bonds is 4. The molecule has 9 aromatic carbocycles. The molecule has 3 aliphatic carbocycles. The molecule has 12 rings (SSSR count). The van der Waals surface area contributed by atoms with Crippen LogP contribution >= 0.6 is 0 Å². The van der Waals surface area contributed by atoms with Gasteiger partial charge in [-0.05, 0) is 125 Å². The van der Waals surface area contributed by atoms with E-state index in [0.717, 1.165) is 17.1 Å². The van der Waals surface area contributed by atoms with Crippen molar-refractivity contribution in [3.8, 4) is 44.5 Å². The maximum atomic E-state index is 2.50. The molecule has 0 saturated carbocycles. The molecular formula is C56H39N. The van der Waals surface area contributed by atoms with E-state index in [4.69, 9.17) is 0 Å². The average Bonchev–Trinajstić information content (AvgIpc) is 3.73. The van der Waals surface area contributed by atoms with E-state index in [9.17, 15) is 0 Å². The van der Waals surface area contributed by atoms with Crippen LogP contribution in [0.1, 0.15) is 47.2 Å². The lowest BCUT2D eigenvalue weighted by Gasteiger charge is -2.37. The lowest BCUT2D eigenvalue weighted by Crippen LogP contribution is -2.26. The normalized spacial score (nSPS) is 14.4. The first kappa shape index (κ1) is 32.3. The summed E-state index contributed by atoms with van der Waals surface area (Å²) in [7, 11) is 0. The van der Waals surface area contributed by atoms with Gasteiger partial charge in [-0.3, -0.25) is 0 Å². The molecule has 1 spiro atoms. The summed E-state index contributed by atoms with van der Waals surface area (Å²) < 4.78 is 0. The summed E-state index contributed by atoms with van der Waals surface area (Å²) >= 11 is 0. The predicted octanol–water partition coefficient (Wildman–Crippen LogP) is 14.6. The second kappa shape index (κ2) is 11.8. The van der Waals surface area contributed by atoms with Crippen LogP contribution in [0.3, 0.4) is 0 Å². The van der Waals surface area contributed by atoms with E-state index < -0.39 is 5.41 Å². The van der Waals surface area contributed by atoms with E-state index in [1.54, 1.807) is 0 Å². The summed E-state index contributed by atoms with van der Waals surface area (Å²) in [5.41, 5.74) is 21.4. The Morgan fingerprint density at radius 1 is 0.333 bits per heavy atom. The van der Waals surface area contributed by atoms with Gasteiger partial charge in [-0.25, -0.2) is 0 Å². The quantitative estimate of drug-likeness (QED) is 0.175. The van der Waals surface area contributed by atoms with Gasteiger partial charge in [0.15, 0.2) is 0 Å². The van der Waals surface area contributed by atoms with Gasteiger partial charge in [-0.1, -0.05) is 178 Å². The zero-order valence-corrected chi connectivity index (χ0v) is 32.0. The van der Waals surface area contributed by atoms with Crippen LogP contribution in [0.15, 0.2) is 200 Å². The highest BCUT2D eigenvalue weighted by Crippen LogP contribution is 2.63. The molecule has 268 valence electrons. The van der Waals surface area contributed by atoms with Crippen LogP contribution < -0.4 is 4.90 Å². The molecule has 0 atom stereocenters. The SMILES string of the molecule is CC1(C)c2cc(N(c3ccccc3)c3ccc4c(c3)C3(c5ccccc5-c5ccccc53)c3ccccc3-4)ccc2-c2c(-c3ccccc3)ccc3cccc1c23. The van der Waals surface area contributed by atoms with E-state index in [2.05, 4.69) is 219 Å². The molecule has 0 bridgehead atoms. The highest BCUT2D eigenvalue weighted by molar-refractivity contribution is 6.09. The fourth-order valence-corrected chi connectivity index (χ4v) is 10.8. The number of anilines is 3. The van der Waals surface area contributed by atoms with E-state index in [-0.39, 0.29) is 5.41 Å². The number of hydrogen-bond donors (Lipinski definition) is 0. The molecule has 0 heterocycles. The third-order valence-electron chi connectivity index (χ3n) is 13.3. The van der Waals surface area contributed by atoms with Crippen molar-refractivity contribution in [2.75, 3.05) is 4.90 Å². The molecule has 1 heteroatoms. The average molecular weight is 726 g/mol. The van der Waals surface area contributed by atoms with Crippen LogP contribution in [-0.2, 0) is 10.8 Å². The van der Waals surface area contributed by atoms with Crippen molar-refractivity contribution < 1.29 is 0 Å². The van der Waals surface area contributed by atoms with Crippen molar-refractivity contribution in [2.45, 2.75) is 24.7 Å². The highest BCUT2D eigenvalue weighted by Gasteiger charge is 2.51. The maximum absolute atomic E-state index is 2.50. The predicted molar refractivity (Wildman–Crippen MR) is 238 cm³/mol. The minimum atomic E-state index is -0.411.